The topological polar surface area (TPSA) is 74.2 Å². The van der Waals surface area contributed by atoms with Crippen LogP contribution in [0, 0.1) is 6.92 Å². The Kier molecular flexibility index (Phi) is 5.58. The van der Waals surface area contributed by atoms with Gasteiger partial charge in [-0.05, 0) is 44.4 Å². The summed E-state index contributed by atoms with van der Waals surface area (Å²) in [5.41, 5.74) is 3.86. The van der Waals surface area contributed by atoms with Crippen molar-refractivity contribution in [2.45, 2.75) is 39.7 Å². The second kappa shape index (κ2) is 7.90. The Morgan fingerprint density at radius 3 is 2.48 bits per heavy atom. The third kappa shape index (κ3) is 4.35. The van der Waals surface area contributed by atoms with Gasteiger partial charge in [0.05, 0.1) is 5.56 Å². The summed E-state index contributed by atoms with van der Waals surface area (Å²) in [6.07, 6.45) is 5.30. The monoisotopic (exact) mass is 368 g/mol. The predicted octanol–water partition coefficient (Wildman–Crippen LogP) is 2.31. The van der Waals surface area contributed by atoms with E-state index in [1.165, 1.54) is 0 Å². The largest absolute Gasteiger partial charge is 0.367 e. The molecule has 144 valence electrons. The molecule has 0 aliphatic carbocycles. The van der Waals surface area contributed by atoms with E-state index in [9.17, 15) is 4.79 Å². The van der Waals surface area contributed by atoms with E-state index in [0.717, 1.165) is 48.7 Å². The molecule has 1 aliphatic rings. The van der Waals surface area contributed by atoms with Gasteiger partial charge in [-0.3, -0.25) is 4.79 Å². The molecule has 0 atom stereocenters. The highest BCUT2D eigenvalue weighted by Gasteiger charge is 2.22. The van der Waals surface area contributed by atoms with Crippen LogP contribution in [0.1, 0.15) is 41.0 Å². The summed E-state index contributed by atoms with van der Waals surface area (Å²) in [7, 11) is 3.53. The van der Waals surface area contributed by atoms with Crippen LogP contribution in [0.5, 0.6) is 0 Å². The van der Waals surface area contributed by atoms with Crippen LogP contribution in [0.15, 0.2) is 18.5 Å². The summed E-state index contributed by atoms with van der Waals surface area (Å²) < 4.78 is 0. The molecule has 27 heavy (non-hydrogen) atoms. The van der Waals surface area contributed by atoms with Crippen molar-refractivity contribution in [1.82, 2.24) is 19.9 Å². The van der Waals surface area contributed by atoms with Gasteiger partial charge in [0.25, 0.3) is 5.91 Å². The normalized spacial score (nSPS) is 13.9. The molecule has 0 fully saturated rings. The highest BCUT2D eigenvalue weighted by Crippen LogP contribution is 2.24. The van der Waals surface area contributed by atoms with Crippen molar-refractivity contribution < 1.29 is 4.79 Å². The highest BCUT2D eigenvalue weighted by atomic mass is 16.2. The Balaban J connectivity index is 1.90. The predicted molar refractivity (Wildman–Crippen MR) is 107 cm³/mol. The molecule has 0 radical (unpaired) electrons. The molecular weight excluding hydrogens is 340 g/mol. The van der Waals surface area contributed by atoms with Crippen LogP contribution in [0.4, 0.5) is 11.8 Å². The minimum Gasteiger partial charge on any atom is -0.367 e. The number of fused-ring (bicyclic) bond motifs is 1. The SMILES string of the molecule is Cc1cnc(N2CCc3cc(C(=O)N(C)C)c(NC(C)C)nc3CC2)nc1. The average Bonchev–Trinajstić information content (AvgIpc) is 2.83. The first-order chi connectivity index (χ1) is 12.8. The van der Waals surface area contributed by atoms with Crippen LogP contribution in [0.2, 0.25) is 0 Å². The second-order valence-corrected chi connectivity index (χ2v) is 7.54. The van der Waals surface area contributed by atoms with E-state index < -0.39 is 0 Å². The van der Waals surface area contributed by atoms with Crippen LogP contribution >= 0.6 is 0 Å². The van der Waals surface area contributed by atoms with Crippen molar-refractivity contribution in [3.8, 4) is 0 Å². The van der Waals surface area contributed by atoms with Crippen molar-refractivity contribution in [3.05, 3.63) is 40.8 Å². The van der Waals surface area contributed by atoms with E-state index in [1.54, 1.807) is 19.0 Å². The quantitative estimate of drug-likeness (QED) is 0.893. The number of anilines is 2. The van der Waals surface area contributed by atoms with E-state index in [1.807, 2.05) is 39.2 Å². The number of amides is 1. The zero-order valence-corrected chi connectivity index (χ0v) is 16.8. The molecular formula is C20H28N6O. The summed E-state index contributed by atoms with van der Waals surface area (Å²) in [5.74, 6) is 1.39. The molecule has 2 aromatic heterocycles. The van der Waals surface area contributed by atoms with E-state index in [4.69, 9.17) is 4.98 Å². The van der Waals surface area contributed by atoms with Crippen molar-refractivity contribution >= 4 is 17.7 Å². The Morgan fingerprint density at radius 1 is 1.19 bits per heavy atom. The summed E-state index contributed by atoms with van der Waals surface area (Å²) in [4.78, 5) is 30.2. The molecule has 3 heterocycles. The highest BCUT2D eigenvalue weighted by molar-refractivity contribution is 5.98. The van der Waals surface area contributed by atoms with Crippen LogP contribution < -0.4 is 10.2 Å². The minimum absolute atomic E-state index is 0.0311. The summed E-state index contributed by atoms with van der Waals surface area (Å²) >= 11 is 0. The number of rotatable bonds is 4. The summed E-state index contributed by atoms with van der Waals surface area (Å²) in [5, 5.41) is 3.33. The number of nitrogens with zero attached hydrogens (tertiary/aromatic N) is 5. The van der Waals surface area contributed by atoms with Gasteiger partial charge in [0, 0.05) is 57.7 Å². The van der Waals surface area contributed by atoms with E-state index in [2.05, 4.69) is 20.2 Å². The number of carbonyl (C=O) groups is 1. The third-order valence-corrected chi connectivity index (χ3v) is 4.57. The van der Waals surface area contributed by atoms with E-state index in [0.29, 0.717) is 11.4 Å². The first kappa shape index (κ1) is 19.1. The molecule has 7 nitrogen and oxygen atoms in total. The van der Waals surface area contributed by atoms with Gasteiger partial charge in [-0.1, -0.05) is 0 Å². The Bertz CT molecular complexity index is 816. The number of hydrogen-bond donors (Lipinski definition) is 1. The molecule has 0 bridgehead atoms. The van der Waals surface area contributed by atoms with Crippen LogP contribution in [-0.4, -0.2) is 59.0 Å². The zero-order valence-electron chi connectivity index (χ0n) is 16.8. The molecule has 0 spiro atoms. The number of hydrogen-bond acceptors (Lipinski definition) is 6. The van der Waals surface area contributed by atoms with Gasteiger partial charge in [-0.15, -0.1) is 0 Å². The molecule has 0 saturated heterocycles. The minimum atomic E-state index is -0.0311. The fourth-order valence-corrected chi connectivity index (χ4v) is 3.17. The second-order valence-electron chi connectivity index (χ2n) is 7.54. The molecule has 1 N–H and O–H groups in total. The Hall–Kier alpha value is -2.70. The smallest absolute Gasteiger partial charge is 0.257 e. The van der Waals surface area contributed by atoms with Gasteiger partial charge in [-0.25, -0.2) is 15.0 Å². The molecule has 0 aromatic carbocycles. The lowest BCUT2D eigenvalue weighted by Crippen LogP contribution is -2.27. The fraction of sp³-hybridized carbons (Fsp3) is 0.500. The lowest BCUT2D eigenvalue weighted by Gasteiger charge is -2.19. The molecule has 0 saturated carbocycles. The molecule has 7 heteroatoms. The zero-order chi connectivity index (χ0) is 19.6. The van der Waals surface area contributed by atoms with E-state index >= 15 is 0 Å². The van der Waals surface area contributed by atoms with Crippen molar-refractivity contribution in [2.24, 2.45) is 0 Å². The standard InChI is InChI=1S/C20H28N6O/c1-13(2)23-18-16(19(27)25(4)5)10-15-6-8-26(9-7-17(15)24-18)20-21-11-14(3)12-22-20/h10-13H,6-9H2,1-5H3,(H,23,24). The van der Waals surface area contributed by atoms with Crippen LogP contribution in [0.3, 0.4) is 0 Å². The Labute approximate surface area is 160 Å². The van der Waals surface area contributed by atoms with E-state index in [-0.39, 0.29) is 11.9 Å². The van der Waals surface area contributed by atoms with Crippen molar-refractivity contribution in [1.29, 1.82) is 0 Å². The number of aromatic nitrogens is 3. The number of aryl methyl sites for hydroxylation is 1. The first-order valence-corrected chi connectivity index (χ1v) is 9.39. The number of pyridine rings is 1. The van der Waals surface area contributed by atoms with Gasteiger partial charge >= 0.3 is 0 Å². The number of nitrogens with one attached hydrogen (secondary N) is 1. The molecule has 3 rings (SSSR count). The van der Waals surface area contributed by atoms with Gasteiger partial charge in [-0.2, -0.15) is 0 Å². The van der Waals surface area contributed by atoms with Crippen LogP contribution in [-0.2, 0) is 12.8 Å². The summed E-state index contributed by atoms with van der Waals surface area (Å²) in [6, 6.07) is 2.21. The molecule has 1 amide bonds. The Morgan fingerprint density at radius 2 is 1.85 bits per heavy atom. The maximum absolute atomic E-state index is 12.7. The maximum Gasteiger partial charge on any atom is 0.257 e. The molecule has 0 unspecified atom stereocenters. The lowest BCUT2D eigenvalue weighted by molar-refractivity contribution is 0.0828. The van der Waals surface area contributed by atoms with Gasteiger partial charge in [0.15, 0.2) is 0 Å². The van der Waals surface area contributed by atoms with Gasteiger partial charge in [0.1, 0.15) is 5.82 Å². The average molecular weight is 368 g/mol. The third-order valence-electron chi connectivity index (χ3n) is 4.57. The lowest BCUT2D eigenvalue weighted by atomic mass is 10.0. The van der Waals surface area contributed by atoms with Gasteiger partial charge < -0.3 is 15.1 Å². The number of carbonyl (C=O) groups excluding carboxylic acids is 1. The maximum atomic E-state index is 12.7. The molecule has 1 aliphatic heterocycles. The summed E-state index contributed by atoms with van der Waals surface area (Å²) in [6.45, 7) is 7.70. The van der Waals surface area contributed by atoms with Gasteiger partial charge in [0.2, 0.25) is 5.95 Å². The van der Waals surface area contributed by atoms with Crippen LogP contribution in [0.25, 0.3) is 0 Å². The first-order valence-electron chi connectivity index (χ1n) is 9.39. The molecule has 2 aromatic rings. The van der Waals surface area contributed by atoms with Crippen molar-refractivity contribution in [2.75, 3.05) is 37.4 Å². The van der Waals surface area contributed by atoms with Crippen molar-refractivity contribution in [3.63, 3.8) is 0 Å². The fourth-order valence-electron chi connectivity index (χ4n) is 3.17.